The molecule has 5 heterocycles. The van der Waals surface area contributed by atoms with Crippen molar-refractivity contribution in [2.75, 3.05) is 33.8 Å². The molecule has 0 bridgehead atoms. The van der Waals surface area contributed by atoms with Gasteiger partial charge in [-0.3, -0.25) is 9.78 Å². The fourth-order valence-corrected chi connectivity index (χ4v) is 5.46. The number of amides is 1. The Hall–Kier alpha value is -3.46. The molecule has 0 spiro atoms. The number of pyridine rings is 2. The van der Waals surface area contributed by atoms with Crippen LogP contribution in [0, 0.1) is 6.92 Å². The molecule has 0 aromatic carbocycles. The summed E-state index contributed by atoms with van der Waals surface area (Å²) in [6.45, 7) is 8.58. The lowest BCUT2D eigenvalue weighted by molar-refractivity contribution is -0.131. The van der Waals surface area contributed by atoms with E-state index in [1.54, 1.807) is 11.6 Å². The van der Waals surface area contributed by atoms with E-state index in [9.17, 15) is 4.79 Å². The molecule has 184 valence electrons. The second-order valence-corrected chi connectivity index (χ2v) is 9.64. The Morgan fingerprint density at radius 2 is 2.06 bits per heavy atom. The van der Waals surface area contributed by atoms with Gasteiger partial charge >= 0.3 is 0 Å². The molecule has 1 saturated heterocycles. The third-order valence-electron chi connectivity index (χ3n) is 7.15. The predicted octanol–water partition coefficient (Wildman–Crippen LogP) is 3.64. The summed E-state index contributed by atoms with van der Waals surface area (Å²) in [7, 11) is 3.46. The summed E-state index contributed by atoms with van der Waals surface area (Å²) in [5.41, 5.74) is 7.42. The number of methoxy groups -OCH3 is 1. The first-order valence-electron chi connectivity index (χ1n) is 12.2. The maximum absolute atomic E-state index is 12.3. The fourth-order valence-electron chi connectivity index (χ4n) is 5.46. The molecule has 4 aromatic heterocycles. The molecule has 9 nitrogen and oxygen atoms in total. The minimum atomic E-state index is 0.170. The van der Waals surface area contributed by atoms with Crippen LogP contribution in [-0.4, -0.2) is 69.2 Å². The van der Waals surface area contributed by atoms with E-state index in [4.69, 9.17) is 9.72 Å². The zero-order chi connectivity index (χ0) is 24.7. The van der Waals surface area contributed by atoms with Crippen LogP contribution in [0.3, 0.4) is 0 Å². The van der Waals surface area contributed by atoms with E-state index in [2.05, 4.69) is 41.2 Å². The largest absolute Gasteiger partial charge is 0.493 e. The van der Waals surface area contributed by atoms with Gasteiger partial charge in [0.2, 0.25) is 5.91 Å². The Labute approximate surface area is 204 Å². The third-order valence-corrected chi connectivity index (χ3v) is 7.15. The average Bonchev–Trinajstić information content (AvgIpc) is 3.49. The van der Waals surface area contributed by atoms with E-state index < -0.39 is 0 Å². The van der Waals surface area contributed by atoms with Crippen LogP contribution in [0.4, 0.5) is 0 Å². The number of likely N-dealkylation sites (tertiary alicyclic amines) is 1. The van der Waals surface area contributed by atoms with Crippen molar-refractivity contribution >= 4 is 22.5 Å². The van der Waals surface area contributed by atoms with Crippen LogP contribution >= 0.6 is 0 Å². The van der Waals surface area contributed by atoms with Gasteiger partial charge in [0.15, 0.2) is 11.4 Å². The number of nitrogens with zero attached hydrogens (tertiary/aromatic N) is 5. The van der Waals surface area contributed by atoms with E-state index in [0.29, 0.717) is 29.8 Å². The Morgan fingerprint density at radius 1 is 1.29 bits per heavy atom. The second kappa shape index (κ2) is 9.30. The lowest BCUT2D eigenvalue weighted by atomic mass is 9.87. The highest BCUT2D eigenvalue weighted by atomic mass is 16.5. The number of rotatable bonds is 6. The van der Waals surface area contributed by atoms with Crippen LogP contribution in [0.15, 0.2) is 24.8 Å². The maximum atomic E-state index is 12.3. The summed E-state index contributed by atoms with van der Waals surface area (Å²) >= 11 is 0. The third kappa shape index (κ3) is 4.03. The van der Waals surface area contributed by atoms with Gasteiger partial charge in [0.1, 0.15) is 6.33 Å². The number of carbonyl (C=O) groups excluding carboxylic acids is 1. The topological polar surface area (TPSA) is 100 Å². The van der Waals surface area contributed by atoms with E-state index in [-0.39, 0.29) is 5.91 Å². The number of piperidine rings is 1. The number of hydrogen-bond acceptors (Lipinski definition) is 6. The minimum Gasteiger partial charge on any atom is -0.493 e. The van der Waals surface area contributed by atoms with Gasteiger partial charge in [0.25, 0.3) is 0 Å². The van der Waals surface area contributed by atoms with Crippen molar-refractivity contribution in [2.24, 2.45) is 0 Å². The first kappa shape index (κ1) is 23.3. The van der Waals surface area contributed by atoms with Gasteiger partial charge in [-0.05, 0) is 49.9 Å². The minimum absolute atomic E-state index is 0.170. The quantitative estimate of drug-likeness (QED) is 0.442. The van der Waals surface area contributed by atoms with Gasteiger partial charge in [-0.2, -0.15) is 5.10 Å². The van der Waals surface area contributed by atoms with Gasteiger partial charge in [0.05, 0.1) is 31.1 Å². The number of aromatic amines is 1. The van der Waals surface area contributed by atoms with E-state index in [1.165, 1.54) is 22.8 Å². The number of carbonyl (C=O) groups is 1. The van der Waals surface area contributed by atoms with Crippen molar-refractivity contribution in [3.05, 3.63) is 41.6 Å². The first-order valence-corrected chi connectivity index (χ1v) is 12.2. The van der Waals surface area contributed by atoms with Crippen LogP contribution in [0.1, 0.15) is 55.3 Å². The summed E-state index contributed by atoms with van der Waals surface area (Å²) in [6, 6.07) is 2.02. The van der Waals surface area contributed by atoms with Crippen molar-refractivity contribution in [1.82, 2.24) is 34.8 Å². The number of likely N-dealkylation sites (N-methyl/N-ethyl adjacent to an activating group) is 1. The number of fused-ring (bicyclic) bond motifs is 2. The Morgan fingerprint density at radius 3 is 2.74 bits per heavy atom. The van der Waals surface area contributed by atoms with Gasteiger partial charge < -0.3 is 19.9 Å². The van der Waals surface area contributed by atoms with Crippen LogP contribution in [0.2, 0.25) is 0 Å². The molecule has 2 N–H and O–H groups in total. The number of aryl methyl sites for hydroxylation is 1. The maximum Gasteiger partial charge on any atom is 0.236 e. The van der Waals surface area contributed by atoms with E-state index in [0.717, 1.165) is 48.4 Å². The molecular weight excluding hydrogens is 442 g/mol. The molecule has 0 atom stereocenters. The predicted molar refractivity (Wildman–Crippen MR) is 136 cm³/mol. The molecule has 35 heavy (non-hydrogen) atoms. The van der Waals surface area contributed by atoms with Crippen molar-refractivity contribution < 1.29 is 9.53 Å². The number of aromatic nitrogens is 5. The normalized spacial score (nSPS) is 15.0. The van der Waals surface area contributed by atoms with E-state index in [1.807, 2.05) is 30.4 Å². The Kier molecular flexibility index (Phi) is 6.19. The number of ether oxygens (including phenoxy) is 1. The van der Waals surface area contributed by atoms with Crippen molar-refractivity contribution in [3.63, 3.8) is 0 Å². The summed E-state index contributed by atoms with van der Waals surface area (Å²) in [5, 5.41) is 8.54. The molecule has 0 saturated carbocycles. The van der Waals surface area contributed by atoms with Gasteiger partial charge in [-0.1, -0.05) is 13.8 Å². The highest BCUT2D eigenvalue weighted by Crippen LogP contribution is 2.40. The van der Waals surface area contributed by atoms with Crippen molar-refractivity contribution in [1.29, 1.82) is 0 Å². The first-order chi connectivity index (χ1) is 16.9. The Balaban J connectivity index is 1.55. The molecule has 0 radical (unpaired) electrons. The summed E-state index contributed by atoms with van der Waals surface area (Å²) in [4.78, 5) is 27.1. The van der Waals surface area contributed by atoms with Gasteiger partial charge in [-0.25, -0.2) is 9.50 Å². The molecule has 1 amide bonds. The lowest BCUT2D eigenvalue weighted by Crippen LogP contribution is -2.42. The summed E-state index contributed by atoms with van der Waals surface area (Å²) in [5.74, 6) is 1.50. The second-order valence-electron chi connectivity index (χ2n) is 9.64. The fraction of sp³-hybridized carbons (Fsp3) is 0.462. The van der Waals surface area contributed by atoms with Crippen molar-refractivity contribution in [2.45, 2.75) is 45.4 Å². The number of hydrogen-bond donors (Lipinski definition) is 2. The van der Waals surface area contributed by atoms with Crippen LogP contribution in [-0.2, 0) is 4.79 Å². The molecule has 1 aliphatic rings. The van der Waals surface area contributed by atoms with Gasteiger partial charge in [-0.15, -0.1) is 0 Å². The molecule has 0 unspecified atom stereocenters. The number of H-pyrrole nitrogens is 1. The zero-order valence-electron chi connectivity index (χ0n) is 21.1. The molecule has 0 aliphatic carbocycles. The molecular formula is C26H33N7O2. The SMILES string of the molecule is CNCC(=O)N1CCC(c2ncc3[nH]c(-c4cc(OC)c5ncnn5c4)c(C(C)C)c3c2C)CC1. The molecule has 1 aliphatic heterocycles. The van der Waals surface area contributed by atoms with Crippen LogP contribution in [0.25, 0.3) is 27.8 Å². The standard InChI is InChI=1S/C26H33N7O2/c1-15(2)22-23-16(3)24(17-6-8-32(9-7-17)21(34)12-27-4)28-11-19(23)31-25(22)18-10-20(35-5)26-29-14-30-33(26)13-18/h10-11,13-15,17,27,31H,6-9,12H2,1-5H3. The Bertz CT molecular complexity index is 1380. The van der Waals surface area contributed by atoms with Crippen LogP contribution in [0.5, 0.6) is 5.75 Å². The highest BCUT2D eigenvalue weighted by Gasteiger charge is 2.28. The van der Waals surface area contributed by atoms with Gasteiger partial charge in [0, 0.05) is 41.8 Å². The monoisotopic (exact) mass is 475 g/mol. The number of nitrogens with one attached hydrogen (secondary N) is 2. The lowest BCUT2D eigenvalue weighted by Gasteiger charge is -2.32. The van der Waals surface area contributed by atoms with Crippen LogP contribution < -0.4 is 10.1 Å². The molecule has 5 rings (SSSR count). The average molecular weight is 476 g/mol. The molecule has 9 heteroatoms. The zero-order valence-corrected chi connectivity index (χ0v) is 21.1. The van der Waals surface area contributed by atoms with E-state index >= 15 is 0 Å². The smallest absolute Gasteiger partial charge is 0.236 e. The molecule has 1 fully saturated rings. The van der Waals surface area contributed by atoms with Crippen molar-refractivity contribution in [3.8, 4) is 17.0 Å². The molecule has 4 aromatic rings. The summed E-state index contributed by atoms with van der Waals surface area (Å²) in [6.07, 6.45) is 7.36. The summed E-state index contributed by atoms with van der Waals surface area (Å²) < 4.78 is 7.36. The highest BCUT2D eigenvalue weighted by molar-refractivity contribution is 5.94.